The molecule has 104 valence electrons. The second-order valence-corrected chi connectivity index (χ2v) is 6.65. The molecular weight excluding hydrogens is 256 g/mol. The molecule has 0 saturated carbocycles. The Labute approximate surface area is 120 Å². The van der Waals surface area contributed by atoms with Crippen molar-refractivity contribution in [2.45, 2.75) is 50.2 Å². The lowest BCUT2D eigenvalue weighted by Gasteiger charge is -2.38. The molecule has 19 heavy (non-hydrogen) atoms. The van der Waals surface area contributed by atoms with E-state index in [1.807, 2.05) is 18.2 Å². The van der Waals surface area contributed by atoms with Crippen molar-refractivity contribution in [3.8, 4) is 0 Å². The van der Waals surface area contributed by atoms with E-state index in [2.05, 4.69) is 18.0 Å². The Bertz CT molecular complexity index is 434. The molecule has 2 nitrogen and oxygen atoms in total. The largest absolute Gasteiger partial charge is 0.327 e. The SMILES string of the molecule is CN1C2CCC1CC(C(N)Cc1ccccc1Cl)C2. The Morgan fingerprint density at radius 3 is 2.53 bits per heavy atom. The fourth-order valence-electron chi connectivity index (χ4n) is 3.89. The zero-order valence-electron chi connectivity index (χ0n) is 11.6. The van der Waals surface area contributed by atoms with Gasteiger partial charge in [-0.3, -0.25) is 0 Å². The summed E-state index contributed by atoms with van der Waals surface area (Å²) in [7, 11) is 2.28. The summed E-state index contributed by atoms with van der Waals surface area (Å²) in [5.74, 6) is 0.657. The number of fused-ring (bicyclic) bond motifs is 2. The van der Waals surface area contributed by atoms with Crippen LogP contribution in [0.15, 0.2) is 24.3 Å². The summed E-state index contributed by atoms with van der Waals surface area (Å²) in [6.45, 7) is 0. The summed E-state index contributed by atoms with van der Waals surface area (Å²) in [4.78, 5) is 2.57. The van der Waals surface area contributed by atoms with Crippen LogP contribution >= 0.6 is 11.6 Å². The molecule has 0 amide bonds. The number of rotatable bonds is 3. The number of halogens is 1. The van der Waals surface area contributed by atoms with Crippen LogP contribution in [0.3, 0.4) is 0 Å². The highest BCUT2D eigenvalue weighted by Gasteiger charge is 2.40. The third-order valence-electron chi connectivity index (χ3n) is 5.15. The lowest BCUT2D eigenvalue weighted by Crippen LogP contribution is -2.46. The van der Waals surface area contributed by atoms with Crippen molar-refractivity contribution in [1.82, 2.24) is 4.90 Å². The second kappa shape index (κ2) is 5.43. The highest BCUT2D eigenvalue weighted by Crippen LogP contribution is 2.39. The summed E-state index contributed by atoms with van der Waals surface area (Å²) in [6.07, 6.45) is 6.15. The maximum absolute atomic E-state index is 6.47. The Morgan fingerprint density at radius 1 is 1.26 bits per heavy atom. The van der Waals surface area contributed by atoms with Crippen molar-refractivity contribution in [2.75, 3.05) is 7.05 Å². The fraction of sp³-hybridized carbons (Fsp3) is 0.625. The first-order chi connectivity index (χ1) is 9.15. The topological polar surface area (TPSA) is 29.3 Å². The minimum Gasteiger partial charge on any atom is -0.327 e. The molecule has 3 unspecified atom stereocenters. The van der Waals surface area contributed by atoms with Gasteiger partial charge in [-0.1, -0.05) is 29.8 Å². The molecule has 0 radical (unpaired) electrons. The standard InChI is InChI=1S/C16H23ClN2/c1-19-13-6-7-14(19)9-12(8-13)16(18)10-11-4-2-3-5-15(11)17/h2-5,12-14,16H,6-10,18H2,1H3. The number of hydrogen-bond acceptors (Lipinski definition) is 2. The molecule has 3 heteroatoms. The van der Waals surface area contributed by atoms with Crippen molar-refractivity contribution in [2.24, 2.45) is 11.7 Å². The summed E-state index contributed by atoms with van der Waals surface area (Å²) in [6, 6.07) is 9.87. The molecule has 2 aliphatic rings. The van der Waals surface area contributed by atoms with Gasteiger partial charge in [0.15, 0.2) is 0 Å². The van der Waals surface area contributed by atoms with E-state index < -0.39 is 0 Å². The molecular formula is C16H23ClN2. The van der Waals surface area contributed by atoms with Gasteiger partial charge in [-0.05, 0) is 56.7 Å². The van der Waals surface area contributed by atoms with E-state index in [0.717, 1.165) is 23.5 Å². The van der Waals surface area contributed by atoms with Gasteiger partial charge in [-0.15, -0.1) is 0 Å². The Balaban J connectivity index is 1.65. The zero-order valence-corrected chi connectivity index (χ0v) is 12.3. The zero-order chi connectivity index (χ0) is 13.4. The second-order valence-electron chi connectivity index (χ2n) is 6.24. The van der Waals surface area contributed by atoms with Crippen LogP contribution in [0.4, 0.5) is 0 Å². The van der Waals surface area contributed by atoms with Gasteiger partial charge in [0.05, 0.1) is 0 Å². The quantitative estimate of drug-likeness (QED) is 0.921. The monoisotopic (exact) mass is 278 g/mol. The molecule has 2 N–H and O–H groups in total. The van der Waals surface area contributed by atoms with E-state index >= 15 is 0 Å². The number of hydrogen-bond donors (Lipinski definition) is 1. The molecule has 1 aromatic carbocycles. The van der Waals surface area contributed by atoms with Crippen LogP contribution in [0.5, 0.6) is 0 Å². The van der Waals surface area contributed by atoms with E-state index in [-0.39, 0.29) is 6.04 Å². The fourth-order valence-corrected chi connectivity index (χ4v) is 4.10. The lowest BCUT2D eigenvalue weighted by molar-refractivity contribution is 0.120. The first-order valence-electron chi connectivity index (χ1n) is 7.36. The summed E-state index contributed by atoms with van der Waals surface area (Å²) in [5, 5.41) is 0.855. The Hall–Kier alpha value is -0.570. The third kappa shape index (κ3) is 2.67. The smallest absolute Gasteiger partial charge is 0.0438 e. The van der Waals surface area contributed by atoms with Crippen LogP contribution in [0.25, 0.3) is 0 Å². The first kappa shape index (κ1) is 13.4. The van der Waals surface area contributed by atoms with Crippen LogP contribution in [0.2, 0.25) is 5.02 Å². The van der Waals surface area contributed by atoms with E-state index in [4.69, 9.17) is 17.3 Å². The molecule has 2 saturated heterocycles. The third-order valence-corrected chi connectivity index (χ3v) is 5.52. The van der Waals surface area contributed by atoms with E-state index in [1.165, 1.54) is 31.2 Å². The van der Waals surface area contributed by atoms with Crippen molar-refractivity contribution >= 4 is 11.6 Å². The van der Waals surface area contributed by atoms with Crippen LogP contribution in [-0.4, -0.2) is 30.1 Å². The number of benzene rings is 1. The first-order valence-corrected chi connectivity index (χ1v) is 7.74. The van der Waals surface area contributed by atoms with Gasteiger partial charge in [-0.2, -0.15) is 0 Å². The van der Waals surface area contributed by atoms with Gasteiger partial charge < -0.3 is 10.6 Å². The molecule has 2 fully saturated rings. The van der Waals surface area contributed by atoms with Gasteiger partial charge >= 0.3 is 0 Å². The molecule has 3 atom stereocenters. The normalized spacial score (nSPS) is 32.5. The van der Waals surface area contributed by atoms with Crippen LogP contribution in [0.1, 0.15) is 31.2 Å². The predicted molar refractivity (Wildman–Crippen MR) is 80.4 cm³/mol. The number of nitrogens with zero attached hydrogens (tertiary/aromatic N) is 1. The van der Waals surface area contributed by atoms with Crippen molar-refractivity contribution in [3.05, 3.63) is 34.9 Å². The van der Waals surface area contributed by atoms with E-state index in [9.17, 15) is 0 Å². The van der Waals surface area contributed by atoms with Gasteiger partial charge in [0.1, 0.15) is 0 Å². The van der Waals surface area contributed by atoms with Gasteiger partial charge in [0.25, 0.3) is 0 Å². The maximum atomic E-state index is 6.47. The van der Waals surface area contributed by atoms with E-state index in [1.54, 1.807) is 0 Å². The van der Waals surface area contributed by atoms with Crippen LogP contribution < -0.4 is 5.73 Å². The minimum atomic E-state index is 0.247. The van der Waals surface area contributed by atoms with Crippen molar-refractivity contribution in [3.63, 3.8) is 0 Å². The molecule has 1 aromatic rings. The van der Waals surface area contributed by atoms with Crippen LogP contribution in [-0.2, 0) is 6.42 Å². The van der Waals surface area contributed by atoms with Gasteiger partial charge in [-0.25, -0.2) is 0 Å². The average molecular weight is 279 g/mol. The molecule has 0 aliphatic carbocycles. The lowest BCUT2D eigenvalue weighted by atomic mass is 9.83. The molecule has 0 aromatic heterocycles. The highest BCUT2D eigenvalue weighted by molar-refractivity contribution is 6.31. The molecule has 2 heterocycles. The van der Waals surface area contributed by atoms with Gasteiger partial charge in [0.2, 0.25) is 0 Å². The Morgan fingerprint density at radius 2 is 1.89 bits per heavy atom. The summed E-state index contributed by atoms with van der Waals surface area (Å²) >= 11 is 6.24. The Kier molecular flexibility index (Phi) is 3.84. The number of piperidine rings is 1. The minimum absolute atomic E-state index is 0.247. The van der Waals surface area contributed by atoms with Crippen molar-refractivity contribution in [1.29, 1.82) is 0 Å². The number of nitrogens with two attached hydrogens (primary N) is 1. The summed E-state index contributed by atoms with van der Waals surface area (Å²) in [5.41, 5.74) is 7.67. The highest BCUT2D eigenvalue weighted by atomic mass is 35.5. The molecule has 3 rings (SSSR count). The molecule has 0 spiro atoms. The van der Waals surface area contributed by atoms with Crippen molar-refractivity contribution < 1.29 is 0 Å². The van der Waals surface area contributed by atoms with E-state index in [0.29, 0.717) is 5.92 Å². The molecule has 2 aliphatic heterocycles. The van der Waals surface area contributed by atoms with Gasteiger partial charge in [0, 0.05) is 23.1 Å². The predicted octanol–water partition coefficient (Wildman–Crippen LogP) is 3.08. The average Bonchev–Trinajstić information content (AvgIpc) is 2.64. The molecule has 2 bridgehead atoms. The maximum Gasteiger partial charge on any atom is 0.0438 e. The summed E-state index contributed by atoms with van der Waals surface area (Å²) < 4.78 is 0. The van der Waals surface area contributed by atoms with Crippen LogP contribution in [0, 0.1) is 5.92 Å².